The Balaban J connectivity index is 1.40. The largest absolute Gasteiger partial charge is 0.475 e. The zero-order valence-electron chi connectivity index (χ0n) is 31.5. The summed E-state index contributed by atoms with van der Waals surface area (Å²) in [5, 5.41) is 0. The summed E-state index contributed by atoms with van der Waals surface area (Å²) >= 11 is 1.21. The maximum absolute atomic E-state index is 12.5. The van der Waals surface area contributed by atoms with Gasteiger partial charge in [-0.05, 0) is 40.0 Å². The topological polar surface area (TPSA) is 87.6 Å². The molecule has 48 heavy (non-hydrogen) atoms. The number of likely N-dealkylation sites (N-methyl/N-ethyl adjacent to an activating group) is 1. The van der Waals surface area contributed by atoms with E-state index in [2.05, 4.69) is 28.8 Å². The van der Waals surface area contributed by atoms with Gasteiger partial charge >= 0.3 is 11.9 Å². The third-order valence-electron chi connectivity index (χ3n) is 9.08. The highest BCUT2D eigenvalue weighted by Gasteiger charge is 2.31. The molecule has 0 amide bonds. The molecule has 2 heterocycles. The third kappa shape index (κ3) is 20.5. The van der Waals surface area contributed by atoms with Crippen LogP contribution in [-0.2, 0) is 19.1 Å². The van der Waals surface area contributed by atoms with Crippen molar-refractivity contribution in [3.8, 4) is 5.88 Å². The second kappa shape index (κ2) is 25.0. The molecule has 0 saturated heterocycles. The summed E-state index contributed by atoms with van der Waals surface area (Å²) in [4.78, 5) is 24.2. The lowest BCUT2D eigenvalue weighted by Crippen LogP contribution is -2.49. The summed E-state index contributed by atoms with van der Waals surface area (Å²) in [6.45, 7) is 10.8. The van der Waals surface area contributed by atoms with Crippen molar-refractivity contribution in [1.82, 2.24) is 8.75 Å². The summed E-state index contributed by atoms with van der Waals surface area (Å²) in [6.07, 6.45) is 28.7. The van der Waals surface area contributed by atoms with Crippen LogP contribution < -0.4 is 4.74 Å². The fourth-order valence-electron chi connectivity index (χ4n) is 6.26. The van der Waals surface area contributed by atoms with E-state index in [1.807, 2.05) is 20.8 Å². The van der Waals surface area contributed by atoms with E-state index in [0.717, 1.165) is 62.9 Å². The molecule has 2 rings (SSSR count). The monoisotopic (exact) mass is 693 g/mol. The van der Waals surface area contributed by atoms with E-state index >= 15 is 0 Å². The smallest absolute Gasteiger partial charge is 0.310 e. The maximum atomic E-state index is 12.5. The van der Waals surface area contributed by atoms with Crippen LogP contribution in [0.5, 0.6) is 5.88 Å². The molecule has 8 nitrogen and oxygen atoms in total. The van der Waals surface area contributed by atoms with Gasteiger partial charge in [0.15, 0.2) is 0 Å². The van der Waals surface area contributed by atoms with Gasteiger partial charge in [0, 0.05) is 24.8 Å². The number of ether oxygens (including phenoxy) is 3. The molecule has 0 saturated carbocycles. The molecular formula is C39H70N3O5S+. The average Bonchev–Trinajstić information content (AvgIpc) is 3.51. The summed E-state index contributed by atoms with van der Waals surface area (Å²) < 4.78 is 26.7. The molecular weight excluding hydrogens is 623 g/mol. The molecule has 0 radical (unpaired) electrons. The Hall–Kier alpha value is -2.00. The first-order valence-corrected chi connectivity index (χ1v) is 20.2. The van der Waals surface area contributed by atoms with E-state index in [9.17, 15) is 9.59 Å². The number of unbranched alkanes of at least 4 members (excludes halogenated alkanes) is 18. The van der Waals surface area contributed by atoms with Crippen LogP contribution in [-0.4, -0.2) is 64.2 Å². The molecule has 1 atom stereocenters. The molecule has 0 bridgehead atoms. The van der Waals surface area contributed by atoms with Crippen molar-refractivity contribution in [2.75, 3.05) is 33.5 Å². The Morgan fingerprint density at radius 3 is 1.81 bits per heavy atom. The van der Waals surface area contributed by atoms with Gasteiger partial charge in [-0.15, -0.1) is 4.37 Å². The third-order valence-corrected chi connectivity index (χ3v) is 9.59. The van der Waals surface area contributed by atoms with E-state index in [-0.39, 0.29) is 17.5 Å². The summed E-state index contributed by atoms with van der Waals surface area (Å²) in [7, 11) is 2.16. The van der Waals surface area contributed by atoms with Gasteiger partial charge in [0.2, 0.25) is 6.73 Å². The van der Waals surface area contributed by atoms with Crippen LogP contribution in [0.15, 0.2) is 6.08 Å². The van der Waals surface area contributed by atoms with Crippen molar-refractivity contribution < 1.29 is 28.3 Å². The second-order valence-corrected chi connectivity index (χ2v) is 15.8. The standard InChI is InChI=1S/C39H70N3O5S/c1-6-7-8-25-31-45-38-37(40-48-41-38)34-27-26-30-42(5,32-34)33-46-35(43)28-23-21-19-17-15-13-11-9-10-12-14-16-18-20-22-24-29-36(44)47-39(2,3)4/h27H,6-26,28-33H2,1-5H3/q+1. The number of esters is 2. The number of aromatic nitrogens is 2. The van der Waals surface area contributed by atoms with Gasteiger partial charge in [-0.2, -0.15) is 4.37 Å². The van der Waals surface area contributed by atoms with Crippen LogP contribution in [0.25, 0.3) is 5.57 Å². The molecule has 1 unspecified atom stereocenters. The number of hydrogen-bond acceptors (Lipinski definition) is 8. The van der Waals surface area contributed by atoms with Crippen LogP contribution in [0.2, 0.25) is 0 Å². The summed E-state index contributed by atoms with van der Waals surface area (Å²) in [5.74, 6) is 0.512. The number of nitrogens with zero attached hydrogens (tertiary/aromatic N) is 3. The molecule has 1 aliphatic rings. The molecule has 0 N–H and O–H groups in total. The maximum Gasteiger partial charge on any atom is 0.310 e. The first-order chi connectivity index (χ1) is 23.1. The van der Waals surface area contributed by atoms with Crippen LogP contribution in [0.1, 0.15) is 181 Å². The van der Waals surface area contributed by atoms with Gasteiger partial charge in [-0.3, -0.25) is 14.1 Å². The molecule has 276 valence electrons. The van der Waals surface area contributed by atoms with Gasteiger partial charge in [0.05, 0.1) is 31.9 Å². The summed E-state index contributed by atoms with van der Waals surface area (Å²) in [6, 6.07) is 0. The van der Waals surface area contributed by atoms with Crippen molar-refractivity contribution in [1.29, 1.82) is 0 Å². The predicted molar refractivity (Wildman–Crippen MR) is 198 cm³/mol. The minimum atomic E-state index is -0.370. The lowest BCUT2D eigenvalue weighted by molar-refractivity contribution is -0.919. The Bertz CT molecular complexity index is 1040. The van der Waals surface area contributed by atoms with Gasteiger partial charge in [-0.25, -0.2) is 0 Å². The minimum absolute atomic E-state index is 0.0636. The number of carbonyl (C=O) groups excluding carboxylic acids is 2. The van der Waals surface area contributed by atoms with Crippen LogP contribution in [0.3, 0.4) is 0 Å². The lowest BCUT2D eigenvalue weighted by Gasteiger charge is -2.36. The van der Waals surface area contributed by atoms with Crippen molar-refractivity contribution >= 4 is 29.2 Å². The zero-order valence-corrected chi connectivity index (χ0v) is 32.3. The predicted octanol–water partition coefficient (Wildman–Crippen LogP) is 10.6. The Morgan fingerprint density at radius 1 is 0.750 bits per heavy atom. The van der Waals surface area contributed by atoms with Crippen LogP contribution in [0, 0.1) is 0 Å². The van der Waals surface area contributed by atoms with Crippen LogP contribution in [0.4, 0.5) is 0 Å². The summed E-state index contributed by atoms with van der Waals surface area (Å²) in [5.41, 5.74) is 1.64. The highest BCUT2D eigenvalue weighted by Crippen LogP contribution is 2.30. The normalized spacial score (nSPS) is 16.5. The molecule has 1 aliphatic heterocycles. The Labute approximate surface area is 297 Å². The van der Waals surface area contributed by atoms with Crippen LogP contribution >= 0.6 is 11.7 Å². The first-order valence-electron chi connectivity index (χ1n) is 19.5. The molecule has 0 spiro atoms. The average molecular weight is 693 g/mol. The van der Waals surface area contributed by atoms with E-state index in [4.69, 9.17) is 14.2 Å². The van der Waals surface area contributed by atoms with Crippen molar-refractivity contribution in [3.05, 3.63) is 11.8 Å². The molecule has 9 heteroatoms. The molecule has 0 aliphatic carbocycles. The fraction of sp³-hybridized carbons (Fsp3) is 0.846. The zero-order chi connectivity index (χ0) is 34.9. The van der Waals surface area contributed by atoms with Gasteiger partial charge in [-0.1, -0.05) is 122 Å². The number of carbonyl (C=O) groups is 2. The second-order valence-electron chi connectivity index (χ2n) is 15.2. The highest BCUT2D eigenvalue weighted by molar-refractivity contribution is 6.99. The van der Waals surface area contributed by atoms with Gasteiger partial charge in [0.1, 0.15) is 17.8 Å². The van der Waals surface area contributed by atoms with E-state index < -0.39 is 0 Å². The SMILES string of the molecule is CCCCCCOc1nsnc1C1=CCC[N+](C)(COC(=O)CCCCCCCCCCCCCCCCCCC(=O)OC(C)(C)C)C1. The van der Waals surface area contributed by atoms with E-state index in [1.165, 1.54) is 108 Å². The Morgan fingerprint density at radius 2 is 1.27 bits per heavy atom. The number of quaternary nitrogens is 1. The molecule has 1 aromatic rings. The van der Waals surface area contributed by atoms with Crippen molar-refractivity contribution in [2.45, 2.75) is 181 Å². The Kier molecular flexibility index (Phi) is 22.0. The quantitative estimate of drug-likeness (QED) is 0.0491. The molecule has 0 fully saturated rings. The first kappa shape index (κ1) is 42.2. The van der Waals surface area contributed by atoms with Crippen molar-refractivity contribution in [3.63, 3.8) is 0 Å². The fourth-order valence-corrected chi connectivity index (χ4v) is 6.79. The minimum Gasteiger partial charge on any atom is -0.475 e. The molecule has 0 aromatic carbocycles. The molecule has 1 aromatic heterocycles. The van der Waals surface area contributed by atoms with Gasteiger partial charge < -0.3 is 14.2 Å². The number of rotatable bonds is 28. The van der Waals surface area contributed by atoms with E-state index in [0.29, 0.717) is 36.5 Å². The highest BCUT2D eigenvalue weighted by atomic mass is 32.1. The lowest BCUT2D eigenvalue weighted by atomic mass is 10.0. The number of hydrogen-bond donors (Lipinski definition) is 0. The van der Waals surface area contributed by atoms with Gasteiger partial charge in [0.25, 0.3) is 5.88 Å². The van der Waals surface area contributed by atoms with E-state index in [1.54, 1.807) is 0 Å². The van der Waals surface area contributed by atoms with Crippen molar-refractivity contribution in [2.24, 2.45) is 0 Å².